The Morgan fingerprint density at radius 3 is 2.32 bits per heavy atom. The fraction of sp³-hybridized carbons (Fsp3) is 0.296. The smallest absolute Gasteiger partial charge is 0.416 e. The summed E-state index contributed by atoms with van der Waals surface area (Å²) in [5.74, 6) is -0.313. The Morgan fingerprint density at radius 1 is 1.00 bits per heavy atom. The first-order valence-corrected chi connectivity index (χ1v) is 12.9. The van der Waals surface area contributed by atoms with Crippen LogP contribution in [-0.4, -0.2) is 32.4 Å². The highest BCUT2D eigenvalue weighted by Crippen LogP contribution is 2.34. The van der Waals surface area contributed by atoms with Crippen LogP contribution in [0.5, 0.6) is 11.5 Å². The molecule has 0 aromatic heterocycles. The summed E-state index contributed by atoms with van der Waals surface area (Å²) in [7, 11) is -3.31. The SMILES string of the molecule is CCC(C)N(Cc1ccc(OC)c(OS(=O)(=O)c2cccc(C(F)(F)F)c2)c1)C(=O)c1ccccc1C. The molecule has 3 aromatic carbocycles. The van der Waals surface area contributed by atoms with Crippen molar-refractivity contribution in [3.05, 3.63) is 89.0 Å². The van der Waals surface area contributed by atoms with Gasteiger partial charge in [-0.15, -0.1) is 0 Å². The molecule has 0 heterocycles. The van der Waals surface area contributed by atoms with Gasteiger partial charge in [0.25, 0.3) is 5.91 Å². The maximum absolute atomic E-state index is 13.4. The summed E-state index contributed by atoms with van der Waals surface area (Å²) in [4.78, 5) is 14.4. The van der Waals surface area contributed by atoms with E-state index < -0.39 is 26.8 Å². The van der Waals surface area contributed by atoms with Crippen LogP contribution in [0.2, 0.25) is 0 Å². The molecule has 0 N–H and O–H groups in total. The molecule has 37 heavy (non-hydrogen) atoms. The predicted molar refractivity (Wildman–Crippen MR) is 133 cm³/mol. The van der Waals surface area contributed by atoms with E-state index in [1.165, 1.54) is 19.2 Å². The second-order valence-corrected chi connectivity index (χ2v) is 10.1. The summed E-state index contributed by atoms with van der Waals surface area (Å²) in [6, 6.07) is 15.0. The quantitative estimate of drug-likeness (QED) is 0.304. The molecule has 0 radical (unpaired) electrons. The van der Waals surface area contributed by atoms with Crippen LogP contribution in [0.1, 0.15) is 47.3 Å². The average Bonchev–Trinajstić information content (AvgIpc) is 2.86. The van der Waals surface area contributed by atoms with E-state index in [1.807, 2.05) is 32.9 Å². The van der Waals surface area contributed by atoms with Crippen LogP contribution in [0.15, 0.2) is 71.6 Å². The summed E-state index contributed by atoms with van der Waals surface area (Å²) in [5, 5.41) is 0. The zero-order valence-electron chi connectivity index (χ0n) is 20.9. The molecule has 0 spiro atoms. The van der Waals surface area contributed by atoms with E-state index >= 15 is 0 Å². The molecule has 1 amide bonds. The second-order valence-electron chi connectivity index (χ2n) is 8.55. The van der Waals surface area contributed by atoms with Crippen LogP contribution in [0.4, 0.5) is 13.2 Å². The Kier molecular flexibility index (Phi) is 8.53. The van der Waals surface area contributed by atoms with Crippen molar-refractivity contribution in [2.24, 2.45) is 0 Å². The number of rotatable bonds is 9. The molecule has 10 heteroatoms. The van der Waals surface area contributed by atoms with Gasteiger partial charge in [0.1, 0.15) is 4.90 Å². The molecule has 0 aliphatic heterocycles. The molecule has 0 aliphatic rings. The lowest BCUT2D eigenvalue weighted by molar-refractivity contribution is -0.137. The maximum Gasteiger partial charge on any atom is 0.416 e. The topological polar surface area (TPSA) is 72.9 Å². The zero-order chi connectivity index (χ0) is 27.4. The van der Waals surface area contributed by atoms with Gasteiger partial charge in [0.2, 0.25) is 0 Å². The lowest BCUT2D eigenvalue weighted by Gasteiger charge is -2.29. The minimum Gasteiger partial charge on any atom is -0.493 e. The van der Waals surface area contributed by atoms with E-state index in [9.17, 15) is 26.4 Å². The van der Waals surface area contributed by atoms with Crippen molar-refractivity contribution >= 4 is 16.0 Å². The van der Waals surface area contributed by atoms with E-state index in [1.54, 1.807) is 23.1 Å². The number of amides is 1. The van der Waals surface area contributed by atoms with Crippen molar-refractivity contribution in [1.82, 2.24) is 4.90 Å². The van der Waals surface area contributed by atoms with Gasteiger partial charge in [-0.1, -0.05) is 37.3 Å². The molecule has 3 rings (SSSR count). The van der Waals surface area contributed by atoms with Gasteiger partial charge in [-0.2, -0.15) is 21.6 Å². The number of nitrogens with zero attached hydrogens (tertiary/aromatic N) is 1. The maximum atomic E-state index is 13.4. The van der Waals surface area contributed by atoms with Gasteiger partial charge in [0.15, 0.2) is 11.5 Å². The minimum atomic E-state index is -4.72. The summed E-state index contributed by atoms with van der Waals surface area (Å²) in [6.45, 7) is 5.86. The van der Waals surface area contributed by atoms with Gasteiger partial charge in [-0.3, -0.25) is 4.79 Å². The van der Waals surface area contributed by atoms with Gasteiger partial charge in [-0.05, 0) is 67.8 Å². The van der Waals surface area contributed by atoms with E-state index in [-0.39, 0.29) is 30.0 Å². The van der Waals surface area contributed by atoms with Crippen molar-refractivity contribution in [2.45, 2.75) is 50.9 Å². The normalized spacial score (nSPS) is 12.6. The zero-order valence-corrected chi connectivity index (χ0v) is 21.7. The highest BCUT2D eigenvalue weighted by molar-refractivity contribution is 7.87. The molecular formula is C27H28F3NO5S. The van der Waals surface area contributed by atoms with Crippen molar-refractivity contribution in [3.63, 3.8) is 0 Å². The van der Waals surface area contributed by atoms with Crippen LogP contribution in [0.25, 0.3) is 0 Å². The molecule has 0 saturated carbocycles. The number of ether oxygens (including phenoxy) is 1. The number of hydrogen-bond donors (Lipinski definition) is 0. The first kappa shape index (κ1) is 28.0. The Bertz CT molecular complexity index is 1370. The number of aryl methyl sites for hydroxylation is 1. The lowest BCUT2D eigenvalue weighted by Crippen LogP contribution is -2.38. The highest BCUT2D eigenvalue weighted by atomic mass is 32.2. The van der Waals surface area contributed by atoms with Crippen LogP contribution in [-0.2, 0) is 22.8 Å². The molecule has 1 unspecified atom stereocenters. The van der Waals surface area contributed by atoms with E-state index in [4.69, 9.17) is 8.92 Å². The monoisotopic (exact) mass is 535 g/mol. The number of carbonyl (C=O) groups is 1. The molecule has 0 saturated heterocycles. The Hall–Kier alpha value is -3.53. The molecule has 198 valence electrons. The molecule has 0 bridgehead atoms. The number of alkyl halides is 3. The van der Waals surface area contributed by atoms with E-state index in [0.717, 1.165) is 23.8 Å². The van der Waals surface area contributed by atoms with Crippen LogP contribution < -0.4 is 8.92 Å². The highest BCUT2D eigenvalue weighted by Gasteiger charge is 2.32. The van der Waals surface area contributed by atoms with Gasteiger partial charge in [-0.25, -0.2) is 0 Å². The van der Waals surface area contributed by atoms with Crippen molar-refractivity contribution < 1.29 is 35.3 Å². The molecular weight excluding hydrogens is 507 g/mol. The molecule has 3 aromatic rings. The Balaban J connectivity index is 1.95. The van der Waals surface area contributed by atoms with E-state index in [0.29, 0.717) is 23.6 Å². The molecule has 6 nitrogen and oxygen atoms in total. The van der Waals surface area contributed by atoms with Crippen LogP contribution in [0.3, 0.4) is 0 Å². The van der Waals surface area contributed by atoms with Crippen molar-refractivity contribution in [3.8, 4) is 11.5 Å². The predicted octanol–water partition coefficient (Wildman–Crippen LogP) is 6.23. The third-order valence-corrected chi connectivity index (χ3v) is 7.22. The standard InChI is InChI=1S/C27H28F3NO5S/c1-5-19(3)31(26(32)23-12-7-6-9-18(23)2)17-20-13-14-24(35-4)25(15-20)36-37(33,34)22-11-8-10-21(16-22)27(28,29)30/h6-16,19H,5,17H2,1-4H3. The van der Waals surface area contributed by atoms with Gasteiger partial charge < -0.3 is 13.8 Å². The first-order valence-electron chi connectivity index (χ1n) is 11.5. The second kappa shape index (κ2) is 11.2. The fourth-order valence-corrected chi connectivity index (χ4v) is 4.67. The summed E-state index contributed by atoms with van der Waals surface area (Å²) >= 11 is 0. The van der Waals surface area contributed by atoms with Crippen LogP contribution in [0, 0.1) is 6.92 Å². The van der Waals surface area contributed by atoms with E-state index in [2.05, 4.69) is 0 Å². The molecule has 0 fully saturated rings. The third kappa shape index (κ3) is 6.62. The summed E-state index contributed by atoms with van der Waals surface area (Å²) in [6.07, 6.45) is -4.03. The molecule has 0 aliphatic carbocycles. The average molecular weight is 536 g/mol. The fourth-order valence-electron chi connectivity index (χ4n) is 3.69. The number of hydrogen-bond acceptors (Lipinski definition) is 5. The van der Waals surface area contributed by atoms with Gasteiger partial charge in [0.05, 0.1) is 12.7 Å². The van der Waals surface area contributed by atoms with Crippen molar-refractivity contribution in [1.29, 1.82) is 0 Å². The van der Waals surface area contributed by atoms with Gasteiger partial charge in [0, 0.05) is 18.2 Å². The number of halogens is 3. The Labute approximate surface area is 214 Å². The number of benzene rings is 3. The third-order valence-electron chi connectivity index (χ3n) is 5.99. The Morgan fingerprint density at radius 2 is 1.70 bits per heavy atom. The van der Waals surface area contributed by atoms with Gasteiger partial charge >= 0.3 is 16.3 Å². The molecule has 1 atom stereocenters. The number of methoxy groups -OCH3 is 1. The number of carbonyl (C=O) groups excluding carboxylic acids is 1. The summed E-state index contributed by atoms with van der Waals surface area (Å²) < 4.78 is 75.4. The van der Waals surface area contributed by atoms with Crippen LogP contribution >= 0.6 is 0 Å². The lowest BCUT2D eigenvalue weighted by atomic mass is 10.0. The van der Waals surface area contributed by atoms with Crippen molar-refractivity contribution in [2.75, 3.05) is 7.11 Å². The minimum absolute atomic E-state index is 0.0691. The first-order chi connectivity index (χ1) is 17.4. The largest absolute Gasteiger partial charge is 0.493 e. The summed E-state index contributed by atoms with van der Waals surface area (Å²) in [5.41, 5.74) is 0.820.